The number of carbonyl (C=O) groups is 1. The third kappa shape index (κ3) is 3.17. The maximum atomic E-state index is 10.6. The molecule has 60 valence electrons. The molecule has 0 bridgehead atoms. The first kappa shape index (κ1) is 8.25. The highest BCUT2D eigenvalue weighted by Crippen LogP contribution is 2.17. The summed E-state index contributed by atoms with van der Waals surface area (Å²) in [5.74, 6) is 0.136. The fraction of sp³-hybridized carbons (Fsp3) is 0.500. The molecule has 0 saturated heterocycles. The average molecular weight is 150 g/mol. The van der Waals surface area contributed by atoms with Crippen molar-refractivity contribution in [2.75, 3.05) is 0 Å². The molecule has 0 fully saturated rings. The van der Waals surface area contributed by atoms with E-state index in [1.165, 1.54) is 24.8 Å². The summed E-state index contributed by atoms with van der Waals surface area (Å²) in [6, 6.07) is 0. The fourth-order valence-corrected chi connectivity index (χ4v) is 1.24. The van der Waals surface area contributed by atoms with Crippen molar-refractivity contribution in [2.24, 2.45) is 0 Å². The topological polar surface area (TPSA) is 17.1 Å². The normalized spacial score (nSPS) is 18.5. The van der Waals surface area contributed by atoms with Crippen LogP contribution in [0.25, 0.3) is 0 Å². The molecule has 0 amide bonds. The molecule has 0 aromatic heterocycles. The second kappa shape index (κ2) is 4.12. The van der Waals surface area contributed by atoms with Crippen LogP contribution in [0, 0.1) is 0 Å². The molecular weight excluding hydrogens is 136 g/mol. The molecule has 0 aromatic carbocycles. The monoisotopic (exact) mass is 150 g/mol. The Morgan fingerprint density at radius 2 is 2.36 bits per heavy atom. The third-order valence-electron chi connectivity index (χ3n) is 1.86. The number of rotatable bonds is 2. The van der Waals surface area contributed by atoms with Crippen LogP contribution in [0.2, 0.25) is 0 Å². The van der Waals surface area contributed by atoms with Gasteiger partial charge in [-0.3, -0.25) is 4.79 Å². The average Bonchev–Trinajstić information content (AvgIpc) is 2.03. The first-order valence-electron chi connectivity index (χ1n) is 4.17. The third-order valence-corrected chi connectivity index (χ3v) is 1.86. The molecule has 0 spiro atoms. The maximum Gasteiger partial charge on any atom is 0.152 e. The summed E-state index contributed by atoms with van der Waals surface area (Å²) in [4.78, 5) is 10.6. The van der Waals surface area contributed by atoms with Crippen molar-refractivity contribution < 1.29 is 4.79 Å². The SMILES string of the molecule is CC(=O)C=CC1=CCCCC1. The van der Waals surface area contributed by atoms with E-state index in [1.807, 2.05) is 6.08 Å². The molecule has 1 aliphatic rings. The lowest BCUT2D eigenvalue weighted by molar-refractivity contribution is -0.112. The Balaban J connectivity index is 2.47. The van der Waals surface area contributed by atoms with E-state index in [2.05, 4.69) is 6.08 Å². The molecule has 1 aliphatic carbocycles. The Morgan fingerprint density at radius 3 is 2.91 bits per heavy atom. The minimum Gasteiger partial charge on any atom is -0.295 e. The van der Waals surface area contributed by atoms with E-state index >= 15 is 0 Å². The molecule has 0 N–H and O–H groups in total. The van der Waals surface area contributed by atoms with E-state index in [9.17, 15) is 4.79 Å². The Morgan fingerprint density at radius 1 is 1.55 bits per heavy atom. The number of carbonyl (C=O) groups excluding carboxylic acids is 1. The standard InChI is InChI=1S/C10H14O/c1-9(11)7-8-10-5-3-2-4-6-10/h5,7-8H,2-4,6H2,1H3. The second-order valence-electron chi connectivity index (χ2n) is 2.97. The highest BCUT2D eigenvalue weighted by atomic mass is 16.1. The van der Waals surface area contributed by atoms with Gasteiger partial charge in [0, 0.05) is 0 Å². The van der Waals surface area contributed by atoms with Crippen LogP contribution in [0.4, 0.5) is 0 Å². The quantitative estimate of drug-likeness (QED) is 0.553. The highest BCUT2D eigenvalue weighted by Gasteiger charge is 1.99. The van der Waals surface area contributed by atoms with Gasteiger partial charge in [-0.25, -0.2) is 0 Å². The molecular formula is C10H14O. The lowest BCUT2D eigenvalue weighted by atomic mass is 9.99. The van der Waals surface area contributed by atoms with Crippen LogP contribution in [-0.4, -0.2) is 5.78 Å². The smallest absolute Gasteiger partial charge is 0.152 e. The Hall–Kier alpha value is -0.850. The van der Waals surface area contributed by atoms with E-state index in [4.69, 9.17) is 0 Å². The zero-order valence-electron chi connectivity index (χ0n) is 6.97. The molecule has 0 aromatic rings. The molecule has 0 radical (unpaired) electrons. The van der Waals surface area contributed by atoms with Gasteiger partial charge in [0.05, 0.1) is 0 Å². The van der Waals surface area contributed by atoms with Gasteiger partial charge in [0.2, 0.25) is 0 Å². The summed E-state index contributed by atoms with van der Waals surface area (Å²) < 4.78 is 0. The van der Waals surface area contributed by atoms with Crippen LogP contribution in [-0.2, 0) is 4.79 Å². The molecule has 0 heterocycles. The van der Waals surface area contributed by atoms with Gasteiger partial charge >= 0.3 is 0 Å². The summed E-state index contributed by atoms with van der Waals surface area (Å²) in [5, 5.41) is 0. The Labute approximate surface area is 67.8 Å². The van der Waals surface area contributed by atoms with Gasteiger partial charge in [0.1, 0.15) is 0 Å². The van der Waals surface area contributed by atoms with Crippen molar-refractivity contribution in [2.45, 2.75) is 32.6 Å². The minimum absolute atomic E-state index is 0.136. The van der Waals surface area contributed by atoms with E-state index < -0.39 is 0 Å². The molecule has 0 aliphatic heterocycles. The van der Waals surface area contributed by atoms with Crippen LogP contribution in [0.3, 0.4) is 0 Å². The van der Waals surface area contributed by atoms with Gasteiger partial charge in [-0.15, -0.1) is 0 Å². The van der Waals surface area contributed by atoms with Crippen LogP contribution in [0.15, 0.2) is 23.8 Å². The lowest BCUT2D eigenvalue weighted by Crippen LogP contribution is -1.89. The molecule has 1 nitrogen and oxygen atoms in total. The number of allylic oxidation sites excluding steroid dienone is 4. The Kier molecular flexibility index (Phi) is 3.09. The first-order chi connectivity index (χ1) is 5.29. The van der Waals surface area contributed by atoms with Crippen molar-refractivity contribution in [3.05, 3.63) is 23.8 Å². The molecule has 0 atom stereocenters. The van der Waals surface area contributed by atoms with Crippen molar-refractivity contribution >= 4 is 5.78 Å². The minimum atomic E-state index is 0.136. The van der Waals surface area contributed by atoms with E-state index in [1.54, 1.807) is 13.0 Å². The largest absolute Gasteiger partial charge is 0.295 e. The van der Waals surface area contributed by atoms with Crippen molar-refractivity contribution in [1.82, 2.24) is 0 Å². The summed E-state index contributed by atoms with van der Waals surface area (Å²) in [5.41, 5.74) is 1.33. The molecule has 0 unspecified atom stereocenters. The number of ketones is 1. The molecule has 1 rings (SSSR count). The van der Waals surface area contributed by atoms with Gasteiger partial charge < -0.3 is 0 Å². The summed E-state index contributed by atoms with van der Waals surface area (Å²) in [6.07, 6.45) is 10.7. The van der Waals surface area contributed by atoms with E-state index in [0.717, 1.165) is 6.42 Å². The van der Waals surface area contributed by atoms with Crippen molar-refractivity contribution in [3.63, 3.8) is 0 Å². The van der Waals surface area contributed by atoms with Crippen LogP contribution >= 0.6 is 0 Å². The van der Waals surface area contributed by atoms with Gasteiger partial charge in [-0.1, -0.05) is 17.7 Å². The number of hydrogen-bond donors (Lipinski definition) is 0. The maximum absolute atomic E-state index is 10.6. The summed E-state index contributed by atoms with van der Waals surface area (Å²) in [7, 11) is 0. The van der Waals surface area contributed by atoms with Gasteiger partial charge in [-0.2, -0.15) is 0 Å². The fourth-order valence-electron chi connectivity index (χ4n) is 1.24. The molecule has 0 saturated carbocycles. The second-order valence-corrected chi connectivity index (χ2v) is 2.97. The van der Waals surface area contributed by atoms with Gasteiger partial charge in [-0.05, 0) is 38.7 Å². The zero-order chi connectivity index (χ0) is 8.10. The van der Waals surface area contributed by atoms with Crippen LogP contribution in [0.5, 0.6) is 0 Å². The van der Waals surface area contributed by atoms with Crippen molar-refractivity contribution in [3.8, 4) is 0 Å². The zero-order valence-corrected chi connectivity index (χ0v) is 6.97. The molecule has 1 heteroatoms. The van der Waals surface area contributed by atoms with Crippen LogP contribution < -0.4 is 0 Å². The van der Waals surface area contributed by atoms with Gasteiger partial charge in [0.15, 0.2) is 5.78 Å². The van der Waals surface area contributed by atoms with Gasteiger partial charge in [0.25, 0.3) is 0 Å². The Bertz CT molecular complexity index is 199. The van der Waals surface area contributed by atoms with Crippen LogP contribution in [0.1, 0.15) is 32.6 Å². The van der Waals surface area contributed by atoms with E-state index in [-0.39, 0.29) is 5.78 Å². The molecule has 11 heavy (non-hydrogen) atoms. The summed E-state index contributed by atoms with van der Waals surface area (Å²) in [6.45, 7) is 1.58. The summed E-state index contributed by atoms with van der Waals surface area (Å²) >= 11 is 0. The van der Waals surface area contributed by atoms with E-state index in [0.29, 0.717) is 0 Å². The van der Waals surface area contributed by atoms with Crippen molar-refractivity contribution in [1.29, 1.82) is 0 Å². The number of hydrogen-bond acceptors (Lipinski definition) is 1. The predicted octanol–water partition coefficient (Wildman–Crippen LogP) is 2.63. The first-order valence-corrected chi connectivity index (χ1v) is 4.17. The lowest BCUT2D eigenvalue weighted by Gasteiger charge is -2.07. The highest BCUT2D eigenvalue weighted by molar-refractivity contribution is 5.87. The predicted molar refractivity (Wildman–Crippen MR) is 46.4 cm³/mol.